The molecule has 31 heavy (non-hydrogen) atoms. The van der Waals surface area contributed by atoms with Crippen LogP contribution in [0, 0.1) is 5.92 Å². The topological polar surface area (TPSA) is 55.4 Å². The van der Waals surface area contributed by atoms with Crippen molar-refractivity contribution in [1.29, 1.82) is 0 Å². The summed E-state index contributed by atoms with van der Waals surface area (Å²) < 4.78 is 5.84. The van der Waals surface area contributed by atoms with Crippen molar-refractivity contribution in [1.82, 2.24) is 5.32 Å². The van der Waals surface area contributed by atoms with Gasteiger partial charge in [0, 0.05) is 11.5 Å². The summed E-state index contributed by atoms with van der Waals surface area (Å²) in [6.45, 7) is 0. The van der Waals surface area contributed by atoms with Crippen molar-refractivity contribution in [2.24, 2.45) is 5.92 Å². The van der Waals surface area contributed by atoms with Crippen LogP contribution in [0.5, 0.6) is 0 Å². The number of ether oxygens (including phenoxy) is 1. The van der Waals surface area contributed by atoms with Gasteiger partial charge in [0.1, 0.15) is 5.60 Å². The average molecular weight is 412 g/mol. The Morgan fingerprint density at radius 3 is 2.00 bits per heavy atom. The molecule has 5 rings (SSSR count). The molecule has 1 amide bonds. The summed E-state index contributed by atoms with van der Waals surface area (Å²) in [6.07, 6.45) is 2.75. The minimum absolute atomic E-state index is 0.0603. The molecule has 0 saturated heterocycles. The van der Waals surface area contributed by atoms with E-state index in [1.165, 1.54) is 0 Å². The van der Waals surface area contributed by atoms with Gasteiger partial charge in [0.25, 0.3) is 0 Å². The third-order valence-electron chi connectivity index (χ3n) is 6.64. The minimum atomic E-state index is -0.567. The summed E-state index contributed by atoms with van der Waals surface area (Å²) in [7, 11) is 0. The van der Waals surface area contributed by atoms with Gasteiger partial charge in [0.05, 0.1) is 11.6 Å². The van der Waals surface area contributed by atoms with Crippen molar-refractivity contribution >= 4 is 11.9 Å². The molecule has 0 bridgehead atoms. The summed E-state index contributed by atoms with van der Waals surface area (Å²) >= 11 is 0. The number of rotatable bonds is 4. The van der Waals surface area contributed by atoms with Gasteiger partial charge in [0.15, 0.2) is 0 Å². The van der Waals surface area contributed by atoms with Gasteiger partial charge >= 0.3 is 5.97 Å². The van der Waals surface area contributed by atoms with Crippen LogP contribution in [0.25, 0.3) is 0 Å². The molecule has 1 aliphatic heterocycles. The van der Waals surface area contributed by atoms with Crippen molar-refractivity contribution in [3.8, 4) is 0 Å². The molecule has 1 heterocycles. The van der Waals surface area contributed by atoms with Gasteiger partial charge in [-0.25, -0.2) is 4.79 Å². The Hall–Kier alpha value is -3.40. The minimum Gasteiger partial charge on any atom is -0.451 e. The quantitative estimate of drug-likeness (QED) is 0.604. The predicted octanol–water partition coefficient (Wildman–Crippen LogP) is 5.15. The number of carbonyl (C=O) groups excluding carboxylic acids is 2. The van der Waals surface area contributed by atoms with Crippen LogP contribution in [0.3, 0.4) is 0 Å². The number of carbonyl (C=O) groups is 2. The summed E-state index contributed by atoms with van der Waals surface area (Å²) in [5.41, 5.74) is 3.20. The van der Waals surface area contributed by atoms with Crippen molar-refractivity contribution in [2.45, 2.75) is 37.3 Å². The molecule has 1 N–H and O–H groups in total. The van der Waals surface area contributed by atoms with Gasteiger partial charge in [-0.2, -0.15) is 0 Å². The standard InChI is InChI=1S/C27H25NO3/c29-25(28-24(19-9-3-1-4-10-19)20-11-5-2-6-12-20)21-15-17-27(18-16-21)23-14-8-7-13-22(23)26(30)31-27/h1-14,21,24H,15-18H2,(H,28,29). The molecule has 0 radical (unpaired) electrons. The highest BCUT2D eigenvalue weighted by Crippen LogP contribution is 2.48. The Labute approximate surface area is 182 Å². The van der Waals surface area contributed by atoms with Gasteiger partial charge in [-0.3, -0.25) is 4.79 Å². The second-order valence-corrected chi connectivity index (χ2v) is 8.47. The van der Waals surface area contributed by atoms with E-state index in [0.29, 0.717) is 31.2 Å². The SMILES string of the molecule is O=C1OC2(CCC(C(=O)NC(c3ccccc3)c3ccccc3)CC2)c2ccccc21. The Morgan fingerprint density at radius 1 is 0.839 bits per heavy atom. The van der Waals surface area contributed by atoms with Crippen molar-refractivity contribution < 1.29 is 14.3 Å². The molecule has 0 unspecified atom stereocenters. The molecule has 1 aliphatic carbocycles. The Morgan fingerprint density at radius 2 is 1.39 bits per heavy atom. The van der Waals surface area contributed by atoms with E-state index in [0.717, 1.165) is 16.7 Å². The zero-order valence-corrected chi connectivity index (χ0v) is 17.3. The molecule has 1 saturated carbocycles. The highest BCUT2D eigenvalue weighted by molar-refractivity contribution is 5.94. The first-order chi connectivity index (χ1) is 15.2. The zero-order valence-electron chi connectivity index (χ0n) is 17.3. The lowest BCUT2D eigenvalue weighted by Crippen LogP contribution is -2.40. The normalized spacial score (nSPS) is 22.2. The summed E-state index contributed by atoms with van der Waals surface area (Å²) in [5.74, 6) is -0.274. The van der Waals surface area contributed by atoms with Gasteiger partial charge in [-0.1, -0.05) is 78.9 Å². The third kappa shape index (κ3) is 3.63. The number of hydrogen-bond donors (Lipinski definition) is 1. The number of nitrogens with one attached hydrogen (secondary N) is 1. The van der Waals surface area contributed by atoms with E-state index in [1.807, 2.05) is 84.9 Å². The number of hydrogen-bond acceptors (Lipinski definition) is 3. The van der Waals surface area contributed by atoms with E-state index in [-0.39, 0.29) is 23.8 Å². The largest absolute Gasteiger partial charge is 0.451 e. The molecular weight excluding hydrogens is 386 g/mol. The van der Waals surface area contributed by atoms with Crippen LogP contribution in [-0.4, -0.2) is 11.9 Å². The van der Waals surface area contributed by atoms with Crippen molar-refractivity contribution in [2.75, 3.05) is 0 Å². The smallest absolute Gasteiger partial charge is 0.339 e. The fraction of sp³-hybridized carbons (Fsp3) is 0.259. The molecule has 0 aromatic heterocycles. The van der Waals surface area contributed by atoms with Gasteiger partial charge in [-0.05, 0) is 42.9 Å². The van der Waals surface area contributed by atoms with Crippen LogP contribution < -0.4 is 5.32 Å². The third-order valence-corrected chi connectivity index (χ3v) is 6.64. The molecule has 0 atom stereocenters. The monoisotopic (exact) mass is 411 g/mol. The molecule has 4 nitrogen and oxygen atoms in total. The average Bonchev–Trinajstić information content (AvgIpc) is 3.10. The molecular formula is C27H25NO3. The van der Waals surface area contributed by atoms with Crippen molar-refractivity contribution in [3.63, 3.8) is 0 Å². The van der Waals surface area contributed by atoms with Gasteiger partial charge in [0.2, 0.25) is 5.91 Å². The van der Waals surface area contributed by atoms with Crippen LogP contribution in [0.2, 0.25) is 0 Å². The van der Waals surface area contributed by atoms with Crippen molar-refractivity contribution in [3.05, 3.63) is 107 Å². The van der Waals surface area contributed by atoms with Crippen LogP contribution in [0.1, 0.15) is 58.8 Å². The second-order valence-electron chi connectivity index (χ2n) is 8.47. The van der Waals surface area contributed by atoms with Crippen LogP contribution in [0.15, 0.2) is 84.9 Å². The first kappa shape index (κ1) is 19.6. The Kier molecular flexibility index (Phi) is 5.06. The van der Waals surface area contributed by atoms with E-state index in [2.05, 4.69) is 5.32 Å². The van der Waals surface area contributed by atoms with Crippen LogP contribution in [0.4, 0.5) is 0 Å². The lowest BCUT2D eigenvalue weighted by Gasteiger charge is -2.36. The predicted molar refractivity (Wildman–Crippen MR) is 118 cm³/mol. The van der Waals surface area contributed by atoms with E-state index < -0.39 is 5.60 Å². The molecule has 156 valence electrons. The van der Waals surface area contributed by atoms with Crippen LogP contribution >= 0.6 is 0 Å². The first-order valence-electron chi connectivity index (χ1n) is 10.9. The molecule has 4 heteroatoms. The molecule has 3 aromatic rings. The highest BCUT2D eigenvalue weighted by Gasteiger charge is 2.48. The van der Waals surface area contributed by atoms with Crippen LogP contribution in [-0.2, 0) is 15.1 Å². The lowest BCUT2D eigenvalue weighted by atomic mass is 9.74. The summed E-state index contributed by atoms with van der Waals surface area (Å²) in [5, 5.41) is 3.28. The maximum atomic E-state index is 13.2. The van der Waals surface area contributed by atoms with Gasteiger partial charge < -0.3 is 10.1 Å². The number of amides is 1. The van der Waals surface area contributed by atoms with E-state index in [9.17, 15) is 9.59 Å². The zero-order chi connectivity index (χ0) is 21.3. The summed E-state index contributed by atoms with van der Waals surface area (Å²) in [6, 6.07) is 27.6. The number of benzene rings is 3. The molecule has 3 aromatic carbocycles. The molecule has 2 aliphatic rings. The summed E-state index contributed by atoms with van der Waals surface area (Å²) in [4.78, 5) is 25.6. The second kappa shape index (κ2) is 8.03. The van der Waals surface area contributed by atoms with Gasteiger partial charge in [-0.15, -0.1) is 0 Å². The molecule has 1 fully saturated rings. The van der Waals surface area contributed by atoms with E-state index >= 15 is 0 Å². The number of esters is 1. The fourth-order valence-electron chi connectivity index (χ4n) is 4.97. The van der Waals surface area contributed by atoms with E-state index in [1.54, 1.807) is 0 Å². The lowest BCUT2D eigenvalue weighted by molar-refractivity contribution is -0.128. The maximum absolute atomic E-state index is 13.2. The van der Waals surface area contributed by atoms with E-state index in [4.69, 9.17) is 4.74 Å². The maximum Gasteiger partial charge on any atom is 0.339 e. The first-order valence-corrected chi connectivity index (χ1v) is 10.9. The Bertz CT molecular complexity index is 1050. The fourth-order valence-corrected chi connectivity index (χ4v) is 4.97. The molecule has 1 spiro atoms. The number of fused-ring (bicyclic) bond motifs is 2. The highest BCUT2D eigenvalue weighted by atomic mass is 16.6. The Balaban J connectivity index is 1.32.